The highest BCUT2D eigenvalue weighted by Crippen LogP contribution is 2.28. The van der Waals surface area contributed by atoms with Gasteiger partial charge < -0.3 is 4.74 Å². The summed E-state index contributed by atoms with van der Waals surface area (Å²) >= 11 is 6.21. The molecule has 4 heteroatoms. The molecule has 0 aliphatic rings. The zero-order chi connectivity index (χ0) is 13.9. The minimum atomic E-state index is 0.463. The summed E-state index contributed by atoms with van der Waals surface area (Å²) in [5.41, 5.74) is 0.835. The van der Waals surface area contributed by atoms with Crippen LogP contribution in [0.5, 0.6) is 11.5 Å². The second-order valence-corrected chi connectivity index (χ2v) is 4.74. The van der Waals surface area contributed by atoms with Crippen LogP contribution in [0.3, 0.4) is 0 Å². The summed E-state index contributed by atoms with van der Waals surface area (Å²) < 4.78 is 5.78. The largest absolute Gasteiger partial charge is 0.457 e. The molecule has 0 aliphatic carbocycles. The molecule has 3 nitrogen and oxygen atoms in total. The summed E-state index contributed by atoms with van der Waals surface area (Å²) in [5, 5.41) is 1.27. The normalized spacial score (nSPS) is 10.7. The molecule has 20 heavy (non-hydrogen) atoms. The minimum absolute atomic E-state index is 0.463. The highest BCUT2D eigenvalue weighted by Gasteiger charge is 2.07. The highest BCUT2D eigenvalue weighted by atomic mass is 35.5. The average molecular weight is 285 g/mol. The van der Waals surface area contributed by atoms with Gasteiger partial charge in [0.2, 0.25) is 0 Å². The summed E-state index contributed by atoms with van der Waals surface area (Å²) in [5.74, 6) is 2.26. The quantitative estimate of drug-likeness (QED) is 0.657. The Bertz CT molecular complexity index is 744. The van der Waals surface area contributed by atoms with Gasteiger partial charge in [-0.25, -0.2) is 9.97 Å². The van der Waals surface area contributed by atoms with Gasteiger partial charge in [0.15, 0.2) is 0 Å². The van der Waals surface area contributed by atoms with Crippen LogP contribution in [0.4, 0.5) is 0 Å². The Morgan fingerprint density at radius 1 is 1.00 bits per heavy atom. The summed E-state index contributed by atoms with van der Waals surface area (Å²) in [6, 6.07) is 15.3. The molecule has 0 unspecified atom stereocenters. The summed E-state index contributed by atoms with van der Waals surface area (Å²) in [6.45, 7) is 2.00. The second-order valence-electron chi connectivity index (χ2n) is 4.38. The van der Waals surface area contributed by atoms with Gasteiger partial charge in [0.25, 0.3) is 0 Å². The van der Waals surface area contributed by atoms with Crippen LogP contribution in [0, 0.1) is 0 Å². The first-order chi connectivity index (χ1) is 9.76. The van der Waals surface area contributed by atoms with Gasteiger partial charge in [0, 0.05) is 11.8 Å². The average Bonchev–Trinajstić information content (AvgIpc) is 2.48. The van der Waals surface area contributed by atoms with Crippen LogP contribution < -0.4 is 4.74 Å². The molecule has 100 valence electrons. The lowest BCUT2D eigenvalue weighted by Gasteiger charge is -2.08. The fraction of sp³-hybridized carbons (Fsp3) is 0.125. The van der Waals surface area contributed by atoms with E-state index in [1.54, 1.807) is 0 Å². The smallest absolute Gasteiger partial charge is 0.140 e. The van der Waals surface area contributed by atoms with Crippen LogP contribution in [0.25, 0.3) is 10.9 Å². The molecule has 3 rings (SSSR count). The van der Waals surface area contributed by atoms with E-state index in [4.69, 9.17) is 16.3 Å². The Morgan fingerprint density at radius 2 is 1.80 bits per heavy atom. The molecular weight excluding hydrogens is 272 g/mol. The molecule has 3 aromatic rings. The number of aryl methyl sites for hydroxylation is 1. The maximum atomic E-state index is 6.21. The lowest BCUT2D eigenvalue weighted by molar-refractivity contribution is 0.483. The zero-order valence-corrected chi connectivity index (χ0v) is 11.8. The van der Waals surface area contributed by atoms with Crippen molar-refractivity contribution in [3.05, 3.63) is 59.5 Å². The summed E-state index contributed by atoms with van der Waals surface area (Å²) in [4.78, 5) is 8.72. The number of nitrogens with zero attached hydrogens (tertiary/aromatic N) is 2. The third-order valence-corrected chi connectivity index (χ3v) is 3.25. The first kappa shape index (κ1) is 12.9. The number of hydrogen-bond acceptors (Lipinski definition) is 3. The van der Waals surface area contributed by atoms with Crippen molar-refractivity contribution in [3.63, 3.8) is 0 Å². The third kappa shape index (κ3) is 2.58. The van der Waals surface area contributed by atoms with Gasteiger partial charge in [-0.1, -0.05) is 36.7 Å². The Balaban J connectivity index is 2.00. The van der Waals surface area contributed by atoms with E-state index in [2.05, 4.69) is 9.97 Å². The van der Waals surface area contributed by atoms with Crippen LogP contribution >= 0.6 is 11.6 Å². The molecule has 0 saturated carbocycles. The van der Waals surface area contributed by atoms with Gasteiger partial charge in [-0.2, -0.15) is 0 Å². The van der Waals surface area contributed by atoms with Gasteiger partial charge >= 0.3 is 0 Å². The molecule has 0 saturated heterocycles. The van der Waals surface area contributed by atoms with Gasteiger partial charge in [-0.05, 0) is 30.3 Å². The Morgan fingerprint density at radius 3 is 2.55 bits per heavy atom. The number of aromatic nitrogens is 2. The second kappa shape index (κ2) is 5.47. The molecule has 0 spiro atoms. The molecule has 0 N–H and O–H groups in total. The topological polar surface area (TPSA) is 35.0 Å². The van der Waals surface area contributed by atoms with Crippen molar-refractivity contribution in [3.8, 4) is 11.5 Å². The number of fused-ring (bicyclic) bond motifs is 1. The third-order valence-electron chi connectivity index (χ3n) is 2.96. The van der Waals surface area contributed by atoms with Crippen molar-refractivity contribution in [2.24, 2.45) is 0 Å². The minimum Gasteiger partial charge on any atom is -0.457 e. The molecular formula is C16H13ClN2O. The van der Waals surface area contributed by atoms with Crippen molar-refractivity contribution in [1.82, 2.24) is 9.97 Å². The fourth-order valence-corrected chi connectivity index (χ4v) is 2.21. The molecule has 1 aromatic heterocycles. The molecule has 0 atom stereocenters. The SMILES string of the molecule is CCc1nc(Cl)c2cc(Oc3ccccc3)ccc2n1. The molecule has 0 bridgehead atoms. The predicted molar refractivity (Wildman–Crippen MR) is 80.4 cm³/mol. The maximum absolute atomic E-state index is 6.21. The standard InChI is InChI=1S/C16H13ClN2O/c1-2-15-18-14-9-8-12(10-13(14)16(17)19-15)20-11-6-4-3-5-7-11/h3-10H,2H2,1H3. The molecule has 0 fully saturated rings. The van der Waals surface area contributed by atoms with Crippen LogP contribution in [0.2, 0.25) is 5.15 Å². The van der Waals surface area contributed by atoms with Gasteiger partial charge in [-0.3, -0.25) is 0 Å². The molecule has 2 aromatic carbocycles. The van der Waals surface area contributed by atoms with E-state index in [1.165, 1.54) is 0 Å². The number of para-hydroxylation sites is 1. The van der Waals surface area contributed by atoms with E-state index in [9.17, 15) is 0 Å². The van der Waals surface area contributed by atoms with Crippen LogP contribution in [-0.4, -0.2) is 9.97 Å². The van der Waals surface area contributed by atoms with Crippen molar-refractivity contribution in [2.75, 3.05) is 0 Å². The Hall–Kier alpha value is -2.13. The van der Waals surface area contributed by atoms with E-state index in [1.807, 2.05) is 55.5 Å². The fourth-order valence-electron chi connectivity index (χ4n) is 1.96. The predicted octanol–water partition coefficient (Wildman–Crippen LogP) is 4.64. The van der Waals surface area contributed by atoms with Gasteiger partial charge in [-0.15, -0.1) is 0 Å². The molecule has 1 heterocycles. The summed E-state index contributed by atoms with van der Waals surface area (Å²) in [6.07, 6.45) is 0.762. The first-order valence-corrected chi connectivity index (χ1v) is 6.83. The first-order valence-electron chi connectivity index (χ1n) is 6.45. The monoisotopic (exact) mass is 284 g/mol. The van der Waals surface area contributed by atoms with Crippen LogP contribution in [-0.2, 0) is 6.42 Å². The number of halogens is 1. The molecule has 0 aliphatic heterocycles. The maximum Gasteiger partial charge on any atom is 0.140 e. The number of ether oxygens (including phenoxy) is 1. The number of hydrogen-bond donors (Lipinski definition) is 0. The van der Waals surface area contributed by atoms with Crippen LogP contribution in [0.15, 0.2) is 48.5 Å². The van der Waals surface area contributed by atoms with E-state index >= 15 is 0 Å². The lowest BCUT2D eigenvalue weighted by Crippen LogP contribution is -1.94. The van der Waals surface area contributed by atoms with Crippen molar-refractivity contribution in [1.29, 1.82) is 0 Å². The van der Waals surface area contributed by atoms with E-state index in [0.717, 1.165) is 34.6 Å². The van der Waals surface area contributed by atoms with E-state index in [-0.39, 0.29) is 0 Å². The van der Waals surface area contributed by atoms with Crippen molar-refractivity contribution < 1.29 is 4.74 Å². The zero-order valence-electron chi connectivity index (χ0n) is 11.0. The van der Waals surface area contributed by atoms with Crippen molar-refractivity contribution in [2.45, 2.75) is 13.3 Å². The van der Waals surface area contributed by atoms with Gasteiger partial charge in [0.05, 0.1) is 5.52 Å². The summed E-state index contributed by atoms with van der Waals surface area (Å²) in [7, 11) is 0. The Labute approximate surface area is 122 Å². The van der Waals surface area contributed by atoms with Crippen molar-refractivity contribution >= 4 is 22.5 Å². The van der Waals surface area contributed by atoms with E-state index < -0.39 is 0 Å². The molecule has 0 radical (unpaired) electrons. The number of benzene rings is 2. The Kier molecular flexibility index (Phi) is 3.52. The molecule has 0 amide bonds. The van der Waals surface area contributed by atoms with Crippen LogP contribution in [0.1, 0.15) is 12.7 Å². The van der Waals surface area contributed by atoms with Gasteiger partial charge in [0.1, 0.15) is 22.5 Å². The highest BCUT2D eigenvalue weighted by molar-refractivity contribution is 6.34. The number of rotatable bonds is 3. The lowest BCUT2D eigenvalue weighted by atomic mass is 10.2. The van der Waals surface area contributed by atoms with E-state index in [0.29, 0.717) is 5.15 Å².